The number of carbonyl (C=O) groups excluding carboxylic acids is 1. The molecule has 3 aromatic carbocycles. The number of amides is 1. The lowest BCUT2D eigenvalue weighted by atomic mass is 10.1. The van der Waals surface area contributed by atoms with Crippen molar-refractivity contribution in [2.24, 2.45) is 0 Å². The Morgan fingerprint density at radius 1 is 1.09 bits per heavy atom. The second kappa shape index (κ2) is 8.32. The second-order valence-corrected chi connectivity index (χ2v) is 8.63. The summed E-state index contributed by atoms with van der Waals surface area (Å²) in [5.41, 5.74) is 5.21. The van der Waals surface area contributed by atoms with Gasteiger partial charge in [-0.15, -0.1) is 0 Å². The molecule has 1 aliphatic rings. The Hall–Kier alpha value is -3.31. The van der Waals surface area contributed by atoms with Crippen LogP contribution in [0.15, 0.2) is 66.7 Å². The van der Waals surface area contributed by atoms with E-state index in [2.05, 4.69) is 41.8 Å². The van der Waals surface area contributed by atoms with E-state index >= 15 is 0 Å². The Labute approximate surface area is 192 Å². The number of fused-ring (bicyclic) bond motifs is 1. The third kappa shape index (κ3) is 3.63. The number of benzene rings is 3. The maximum atomic E-state index is 13.1. The third-order valence-corrected chi connectivity index (χ3v) is 6.43. The van der Waals surface area contributed by atoms with Crippen molar-refractivity contribution >= 4 is 34.2 Å². The Balaban J connectivity index is 1.55. The lowest BCUT2D eigenvalue weighted by molar-refractivity contribution is -0.117. The smallest absolute Gasteiger partial charge is 0.227 e. The average Bonchev–Trinajstić information content (AvgIpc) is 3.36. The summed E-state index contributed by atoms with van der Waals surface area (Å²) in [4.78, 5) is 19.8. The molecule has 1 amide bonds. The van der Waals surface area contributed by atoms with Gasteiger partial charge in [-0.1, -0.05) is 48.0 Å². The van der Waals surface area contributed by atoms with E-state index in [1.807, 2.05) is 18.2 Å². The van der Waals surface area contributed by atoms with E-state index in [1.54, 1.807) is 30.2 Å². The van der Waals surface area contributed by atoms with Gasteiger partial charge in [-0.05, 0) is 48.4 Å². The molecule has 5 nitrogen and oxygen atoms in total. The van der Waals surface area contributed by atoms with Gasteiger partial charge < -0.3 is 14.2 Å². The fraction of sp³-hybridized carbons (Fsp3) is 0.231. The zero-order chi connectivity index (χ0) is 22.2. The molecule has 32 heavy (non-hydrogen) atoms. The summed E-state index contributed by atoms with van der Waals surface area (Å²) in [6, 6.07) is 21.9. The molecule has 1 aliphatic heterocycles. The monoisotopic (exact) mass is 445 g/mol. The normalized spacial score (nSPS) is 16.2. The molecule has 1 unspecified atom stereocenters. The largest absolute Gasteiger partial charge is 0.495 e. The van der Waals surface area contributed by atoms with Crippen LogP contribution >= 0.6 is 11.6 Å². The molecule has 4 aromatic rings. The number of carbonyl (C=O) groups is 1. The molecule has 0 aliphatic carbocycles. The number of para-hydroxylation sites is 2. The molecule has 0 N–H and O–H groups in total. The molecule has 0 radical (unpaired) electrons. The number of hydrogen-bond donors (Lipinski definition) is 0. The minimum Gasteiger partial charge on any atom is -0.495 e. The molecular weight excluding hydrogens is 422 g/mol. The number of hydrogen-bond acceptors (Lipinski definition) is 3. The molecule has 1 saturated heterocycles. The highest BCUT2D eigenvalue weighted by molar-refractivity contribution is 6.31. The Kier molecular flexibility index (Phi) is 5.35. The number of rotatable bonds is 5. The molecule has 5 rings (SSSR count). The summed E-state index contributed by atoms with van der Waals surface area (Å²) >= 11 is 6.23. The third-order valence-electron chi connectivity index (χ3n) is 6.20. The lowest BCUT2D eigenvalue weighted by Crippen LogP contribution is -2.25. The highest BCUT2D eigenvalue weighted by Gasteiger charge is 2.36. The summed E-state index contributed by atoms with van der Waals surface area (Å²) in [6.07, 6.45) is 0.396. The molecule has 162 valence electrons. The van der Waals surface area contributed by atoms with Crippen molar-refractivity contribution in [1.82, 2.24) is 9.55 Å². The number of imidazole rings is 1. The van der Waals surface area contributed by atoms with Crippen molar-refractivity contribution in [3.8, 4) is 5.75 Å². The predicted molar refractivity (Wildman–Crippen MR) is 128 cm³/mol. The van der Waals surface area contributed by atoms with Gasteiger partial charge in [0.15, 0.2) is 0 Å². The summed E-state index contributed by atoms with van der Waals surface area (Å²) in [5, 5.41) is 0.573. The van der Waals surface area contributed by atoms with Gasteiger partial charge in [-0.2, -0.15) is 0 Å². The van der Waals surface area contributed by atoms with Gasteiger partial charge in [0.1, 0.15) is 11.6 Å². The maximum absolute atomic E-state index is 13.1. The first kappa shape index (κ1) is 20.6. The topological polar surface area (TPSA) is 47.4 Å². The van der Waals surface area contributed by atoms with E-state index in [1.165, 1.54) is 11.1 Å². The van der Waals surface area contributed by atoms with Crippen LogP contribution in [-0.2, 0) is 11.3 Å². The van der Waals surface area contributed by atoms with Crippen LogP contribution in [0, 0.1) is 6.92 Å². The van der Waals surface area contributed by atoms with Crippen LogP contribution in [0.25, 0.3) is 11.0 Å². The highest BCUT2D eigenvalue weighted by atomic mass is 35.5. The first-order chi connectivity index (χ1) is 15.5. The number of anilines is 1. The van der Waals surface area contributed by atoms with Crippen LogP contribution in [0.4, 0.5) is 5.69 Å². The van der Waals surface area contributed by atoms with Gasteiger partial charge in [0.2, 0.25) is 5.91 Å². The quantitative estimate of drug-likeness (QED) is 0.403. The summed E-state index contributed by atoms with van der Waals surface area (Å²) in [7, 11) is 1.60. The Bertz CT molecular complexity index is 1310. The number of ether oxygens (including phenoxy) is 1. The average molecular weight is 446 g/mol. The number of methoxy groups -OCH3 is 1. The zero-order valence-corrected chi connectivity index (χ0v) is 18.8. The van der Waals surface area contributed by atoms with Gasteiger partial charge in [-0.3, -0.25) is 4.79 Å². The standard InChI is InChI=1S/C26H24ClN3O2/c1-17-7-3-4-8-18(17)15-30-22-10-6-5-9-21(22)28-26(30)19-13-25(31)29(16-19)23-14-20(27)11-12-24(23)32-2/h3-12,14,19H,13,15-16H2,1-2H3. The fourth-order valence-electron chi connectivity index (χ4n) is 4.52. The zero-order valence-electron chi connectivity index (χ0n) is 18.1. The van der Waals surface area contributed by atoms with E-state index in [0.717, 1.165) is 16.9 Å². The molecule has 1 aromatic heterocycles. The van der Waals surface area contributed by atoms with Crippen LogP contribution in [0.2, 0.25) is 5.02 Å². The minimum absolute atomic E-state index is 0.0254. The van der Waals surface area contributed by atoms with Gasteiger partial charge in [0.05, 0.1) is 23.8 Å². The Morgan fingerprint density at radius 3 is 2.69 bits per heavy atom. The van der Waals surface area contributed by atoms with Crippen molar-refractivity contribution in [2.75, 3.05) is 18.6 Å². The molecule has 2 heterocycles. The van der Waals surface area contributed by atoms with Crippen molar-refractivity contribution < 1.29 is 9.53 Å². The van der Waals surface area contributed by atoms with E-state index in [0.29, 0.717) is 36.0 Å². The predicted octanol–water partition coefficient (Wildman–Crippen LogP) is 5.58. The van der Waals surface area contributed by atoms with Gasteiger partial charge in [-0.25, -0.2) is 4.98 Å². The van der Waals surface area contributed by atoms with Gasteiger partial charge in [0.25, 0.3) is 0 Å². The van der Waals surface area contributed by atoms with E-state index in [-0.39, 0.29) is 11.8 Å². The maximum Gasteiger partial charge on any atom is 0.227 e. The van der Waals surface area contributed by atoms with Crippen LogP contribution in [-0.4, -0.2) is 29.1 Å². The summed E-state index contributed by atoms with van der Waals surface area (Å²) in [6.45, 7) is 3.38. The molecule has 1 atom stereocenters. The molecule has 6 heteroatoms. The highest BCUT2D eigenvalue weighted by Crippen LogP contribution is 2.38. The Morgan fingerprint density at radius 2 is 1.88 bits per heavy atom. The van der Waals surface area contributed by atoms with E-state index in [4.69, 9.17) is 21.3 Å². The second-order valence-electron chi connectivity index (χ2n) is 8.19. The minimum atomic E-state index is -0.0254. The van der Waals surface area contributed by atoms with E-state index in [9.17, 15) is 4.79 Å². The molecule has 1 fully saturated rings. The van der Waals surface area contributed by atoms with Crippen molar-refractivity contribution in [1.29, 1.82) is 0 Å². The van der Waals surface area contributed by atoms with Gasteiger partial charge >= 0.3 is 0 Å². The number of halogens is 1. The first-order valence-electron chi connectivity index (χ1n) is 10.7. The lowest BCUT2D eigenvalue weighted by Gasteiger charge is -2.20. The number of aryl methyl sites for hydroxylation is 1. The van der Waals surface area contributed by atoms with Gasteiger partial charge in [0, 0.05) is 30.5 Å². The molecular formula is C26H24ClN3O2. The summed E-state index contributed by atoms with van der Waals surface area (Å²) < 4.78 is 7.75. The number of nitrogens with zero attached hydrogens (tertiary/aromatic N) is 3. The summed E-state index contributed by atoms with van der Waals surface area (Å²) in [5.74, 6) is 1.59. The van der Waals surface area contributed by atoms with Crippen LogP contribution in [0.3, 0.4) is 0 Å². The molecule has 0 spiro atoms. The molecule has 0 bridgehead atoms. The van der Waals surface area contributed by atoms with Crippen LogP contribution in [0.1, 0.15) is 29.3 Å². The van der Waals surface area contributed by atoms with Crippen molar-refractivity contribution in [3.05, 3.63) is 88.7 Å². The fourth-order valence-corrected chi connectivity index (χ4v) is 4.68. The van der Waals surface area contributed by atoms with Crippen LogP contribution in [0.5, 0.6) is 5.75 Å². The molecule has 0 saturated carbocycles. The van der Waals surface area contributed by atoms with Crippen molar-refractivity contribution in [2.45, 2.75) is 25.8 Å². The van der Waals surface area contributed by atoms with Crippen LogP contribution < -0.4 is 9.64 Å². The van der Waals surface area contributed by atoms with Crippen molar-refractivity contribution in [3.63, 3.8) is 0 Å². The van der Waals surface area contributed by atoms with E-state index < -0.39 is 0 Å². The number of aromatic nitrogens is 2. The first-order valence-corrected chi connectivity index (χ1v) is 11.1. The SMILES string of the molecule is COc1ccc(Cl)cc1N1CC(c2nc3ccccc3n2Cc2ccccc2C)CC1=O.